The molecule has 3 fully saturated rings. The lowest BCUT2D eigenvalue weighted by Gasteiger charge is -2.43. The number of imide groups is 1. The molecule has 4 aromatic heterocycles. The first-order chi connectivity index (χ1) is 27.0. The minimum absolute atomic E-state index is 0.00919. The van der Waals surface area contributed by atoms with Crippen LogP contribution in [0.2, 0.25) is 0 Å². The first kappa shape index (κ1) is 37.5. The molecule has 2 aliphatic heterocycles. The van der Waals surface area contributed by atoms with E-state index in [9.17, 15) is 28.0 Å². The average Bonchev–Trinajstić information content (AvgIpc) is 3.89. The fraction of sp³-hybridized carbons (Fsp3) is 0.513. The largest absolute Gasteiger partial charge is 0.370 e. The van der Waals surface area contributed by atoms with E-state index in [1.807, 2.05) is 18.2 Å². The van der Waals surface area contributed by atoms with Gasteiger partial charge in [-0.3, -0.25) is 38.4 Å². The summed E-state index contributed by atoms with van der Waals surface area (Å²) in [6, 6.07) is 7.46. The van der Waals surface area contributed by atoms with Crippen LogP contribution in [-0.2, 0) is 16.6 Å². The Morgan fingerprint density at radius 3 is 2.52 bits per heavy atom. The molecule has 56 heavy (non-hydrogen) atoms. The highest BCUT2D eigenvalue weighted by atomic mass is 19.3. The molecule has 1 aliphatic carbocycles. The number of para-hydroxylation sites is 1. The van der Waals surface area contributed by atoms with Crippen molar-refractivity contribution < 1.29 is 23.2 Å². The Labute approximate surface area is 321 Å². The van der Waals surface area contributed by atoms with E-state index in [4.69, 9.17) is 0 Å². The fourth-order valence-electron chi connectivity index (χ4n) is 9.04. The van der Waals surface area contributed by atoms with Gasteiger partial charge >= 0.3 is 5.69 Å². The molecule has 296 valence electrons. The van der Waals surface area contributed by atoms with E-state index in [-0.39, 0.29) is 35.3 Å². The second-order valence-corrected chi connectivity index (χ2v) is 15.6. The molecule has 1 aromatic carbocycles. The van der Waals surface area contributed by atoms with Crippen LogP contribution in [0.25, 0.3) is 16.7 Å². The minimum Gasteiger partial charge on any atom is -0.370 e. The van der Waals surface area contributed by atoms with Crippen LogP contribution in [0.5, 0.6) is 0 Å². The van der Waals surface area contributed by atoms with Gasteiger partial charge in [-0.15, -0.1) is 0 Å². The number of benzene rings is 1. The van der Waals surface area contributed by atoms with Crippen LogP contribution in [0.1, 0.15) is 99.8 Å². The number of rotatable bonds is 10. The van der Waals surface area contributed by atoms with Gasteiger partial charge in [0.15, 0.2) is 11.3 Å². The molecule has 0 spiro atoms. The van der Waals surface area contributed by atoms with Crippen molar-refractivity contribution in [3.8, 4) is 0 Å². The van der Waals surface area contributed by atoms with Gasteiger partial charge < -0.3 is 10.2 Å². The van der Waals surface area contributed by atoms with Crippen molar-refractivity contribution in [2.24, 2.45) is 13.0 Å². The molecule has 1 saturated carbocycles. The second kappa shape index (κ2) is 15.2. The lowest BCUT2D eigenvalue weighted by atomic mass is 9.85. The summed E-state index contributed by atoms with van der Waals surface area (Å²) in [7, 11) is 1.74. The van der Waals surface area contributed by atoms with E-state index in [0.29, 0.717) is 35.6 Å². The van der Waals surface area contributed by atoms with Crippen molar-refractivity contribution in [3.05, 3.63) is 70.8 Å². The maximum Gasteiger partial charge on any atom is 0.329 e. The van der Waals surface area contributed by atoms with Crippen molar-refractivity contribution >= 4 is 45.8 Å². The second-order valence-electron chi connectivity index (χ2n) is 15.6. The van der Waals surface area contributed by atoms with E-state index in [1.165, 1.54) is 27.7 Å². The molecule has 0 radical (unpaired) electrons. The summed E-state index contributed by atoms with van der Waals surface area (Å²) >= 11 is 0. The zero-order chi connectivity index (χ0) is 39.2. The predicted octanol–water partition coefficient (Wildman–Crippen LogP) is 4.86. The number of aryl methyl sites for hydroxylation is 1. The monoisotopic (exact) mass is 771 g/mol. The number of nitrogens with one attached hydrogen (secondary N) is 2. The Balaban J connectivity index is 0.897. The molecule has 0 bridgehead atoms. The summed E-state index contributed by atoms with van der Waals surface area (Å²) in [5.41, 5.74) is 2.22. The van der Waals surface area contributed by atoms with Crippen LogP contribution in [0, 0.1) is 5.92 Å². The summed E-state index contributed by atoms with van der Waals surface area (Å²) in [6.07, 6.45) is 9.10. The zero-order valence-electron chi connectivity index (χ0n) is 31.8. The van der Waals surface area contributed by atoms with Crippen LogP contribution in [0.15, 0.2) is 53.8 Å². The Morgan fingerprint density at radius 1 is 1.04 bits per heavy atom. The van der Waals surface area contributed by atoms with Crippen LogP contribution in [0.3, 0.4) is 0 Å². The summed E-state index contributed by atoms with van der Waals surface area (Å²) < 4.78 is 34.5. The number of aromatic nitrogens is 7. The quantitative estimate of drug-likeness (QED) is 0.190. The maximum absolute atomic E-state index is 14.1. The van der Waals surface area contributed by atoms with Gasteiger partial charge in [-0.2, -0.15) is 10.2 Å². The van der Waals surface area contributed by atoms with Gasteiger partial charge in [-0.05, 0) is 82.9 Å². The number of halogens is 2. The molecular weight excluding hydrogens is 724 g/mol. The molecular formula is C39H47F2N11O4. The van der Waals surface area contributed by atoms with Crippen molar-refractivity contribution in [2.75, 3.05) is 29.9 Å². The number of carbonyl (C=O) groups is 3. The van der Waals surface area contributed by atoms with Crippen molar-refractivity contribution in [2.45, 2.75) is 95.8 Å². The molecule has 8 rings (SSSR count). The topological polar surface area (TPSA) is 157 Å². The highest BCUT2D eigenvalue weighted by molar-refractivity contribution is 6.08. The predicted molar refractivity (Wildman–Crippen MR) is 205 cm³/mol. The molecule has 5 aromatic rings. The van der Waals surface area contributed by atoms with Gasteiger partial charge in [-0.1, -0.05) is 6.07 Å². The molecule has 1 atom stereocenters. The summed E-state index contributed by atoms with van der Waals surface area (Å²) in [6.45, 7) is 7.05. The first-order valence-corrected chi connectivity index (χ1v) is 19.5. The van der Waals surface area contributed by atoms with E-state index in [1.54, 1.807) is 28.6 Å². The van der Waals surface area contributed by atoms with Crippen molar-refractivity contribution in [1.82, 2.24) is 43.7 Å². The van der Waals surface area contributed by atoms with E-state index in [0.717, 1.165) is 69.4 Å². The van der Waals surface area contributed by atoms with Gasteiger partial charge in [0, 0.05) is 63.8 Å². The molecule has 3 aliphatic rings. The molecule has 3 amide bonds. The third-order valence-corrected chi connectivity index (χ3v) is 11.9. The Kier molecular flexibility index (Phi) is 10.2. The number of hydrogen-bond acceptors (Lipinski definition) is 9. The lowest BCUT2D eigenvalue weighted by molar-refractivity contribution is -0.135. The summed E-state index contributed by atoms with van der Waals surface area (Å²) in [5.74, 6) is -0.881. The van der Waals surface area contributed by atoms with Gasteiger partial charge in [0.05, 0.1) is 34.6 Å². The molecule has 6 heterocycles. The number of fused-ring (bicyclic) bond motifs is 2. The van der Waals surface area contributed by atoms with E-state index in [2.05, 4.69) is 49.5 Å². The molecule has 15 nitrogen and oxygen atoms in total. The van der Waals surface area contributed by atoms with Crippen LogP contribution >= 0.6 is 0 Å². The van der Waals surface area contributed by atoms with Crippen LogP contribution in [0.4, 0.5) is 20.2 Å². The van der Waals surface area contributed by atoms with Crippen molar-refractivity contribution in [3.63, 3.8) is 0 Å². The molecule has 2 N–H and O–H groups in total. The Morgan fingerprint density at radius 2 is 1.80 bits per heavy atom. The summed E-state index contributed by atoms with van der Waals surface area (Å²) in [4.78, 5) is 60.3. The number of piperidine rings is 2. The maximum atomic E-state index is 14.1. The number of carbonyl (C=O) groups excluding carboxylic acids is 3. The van der Waals surface area contributed by atoms with Crippen LogP contribution in [-0.4, -0.2) is 87.9 Å². The zero-order valence-corrected chi connectivity index (χ0v) is 31.8. The van der Waals surface area contributed by atoms with E-state index >= 15 is 0 Å². The van der Waals surface area contributed by atoms with Gasteiger partial charge in [0.2, 0.25) is 11.8 Å². The average molecular weight is 772 g/mol. The number of anilines is 2. The normalized spacial score (nSPS) is 21.2. The number of hydrogen-bond donors (Lipinski definition) is 2. The van der Waals surface area contributed by atoms with E-state index < -0.39 is 30.0 Å². The van der Waals surface area contributed by atoms with Crippen molar-refractivity contribution in [1.29, 1.82) is 0 Å². The first-order valence-electron chi connectivity index (χ1n) is 19.5. The number of alkyl halides is 2. The Bertz CT molecular complexity index is 2330. The fourth-order valence-corrected chi connectivity index (χ4v) is 9.04. The summed E-state index contributed by atoms with van der Waals surface area (Å²) in [5, 5.41) is 13.4. The van der Waals surface area contributed by atoms with Gasteiger partial charge in [0.25, 0.3) is 12.3 Å². The highest BCUT2D eigenvalue weighted by Crippen LogP contribution is 2.37. The SMILES string of the molecule is CC(C)N(C[C@H]1CC[C@H](n2cc(NC(=O)c3cnn4cccnc34)c(C(F)F)n2)CC1)C1CCN(c2cccc3c2n(C)c(=O)n3C2CCC(=O)NC2=O)CC1. The number of amides is 3. The number of nitrogens with zero attached hydrogens (tertiary/aromatic N) is 9. The minimum atomic E-state index is -2.85. The molecule has 2 saturated heterocycles. The third kappa shape index (κ3) is 6.96. The molecule has 17 heteroatoms. The Hall–Kier alpha value is -5.45. The standard InChI is InChI=1S/C39H47F2N11O4/c1-23(2)49(25-14-18-48(19-15-25)29-6-4-7-30-34(29)47(3)39(56)52(30)31-12-13-32(53)45-38(31)55)21-24-8-10-26(11-9-24)51-22-28(33(46-51)35(40)41)44-37(54)27-20-43-50-17-5-16-42-36(27)50/h4-7,16-17,20,22-26,31,35H,8-15,18-19,21H2,1-3H3,(H,44,54)(H,45,53,55)/t24-,26-,31?. The van der Waals surface area contributed by atoms with Gasteiger partial charge in [-0.25, -0.2) is 23.1 Å². The smallest absolute Gasteiger partial charge is 0.329 e. The number of imidazole rings is 1. The van der Waals surface area contributed by atoms with Gasteiger partial charge in [0.1, 0.15) is 11.6 Å². The highest BCUT2D eigenvalue weighted by Gasteiger charge is 2.35. The molecule has 1 unspecified atom stereocenters. The lowest BCUT2D eigenvalue weighted by Crippen LogP contribution is -2.49. The third-order valence-electron chi connectivity index (χ3n) is 11.9. The van der Waals surface area contributed by atoms with Crippen LogP contribution < -0.4 is 21.2 Å².